The van der Waals surface area contributed by atoms with Gasteiger partial charge in [-0.1, -0.05) is 17.7 Å². The minimum absolute atomic E-state index is 0.221. The number of benzene rings is 1. The van der Waals surface area contributed by atoms with Gasteiger partial charge in [-0.3, -0.25) is 0 Å². The van der Waals surface area contributed by atoms with Crippen LogP contribution >= 0.6 is 11.6 Å². The van der Waals surface area contributed by atoms with Crippen molar-refractivity contribution in [2.45, 2.75) is 38.1 Å². The molecule has 1 aliphatic carbocycles. The van der Waals surface area contributed by atoms with Crippen LogP contribution in [0.25, 0.3) is 0 Å². The Morgan fingerprint density at radius 3 is 2.86 bits per heavy atom. The lowest BCUT2D eigenvalue weighted by molar-refractivity contribution is 0.446. The first-order valence-electron chi connectivity index (χ1n) is 7.20. The van der Waals surface area contributed by atoms with Crippen LogP contribution < -0.4 is 5.32 Å². The second-order valence-corrected chi connectivity index (χ2v) is 5.71. The molecule has 0 atom stereocenters. The Morgan fingerprint density at radius 1 is 1.29 bits per heavy atom. The van der Waals surface area contributed by atoms with Crippen molar-refractivity contribution in [1.29, 1.82) is 0 Å². The molecule has 0 aliphatic heterocycles. The monoisotopic (exact) mass is 309 g/mol. The highest BCUT2D eigenvalue weighted by atomic mass is 35.5. The Hall–Kier alpha value is -1.46. The molecule has 1 fully saturated rings. The van der Waals surface area contributed by atoms with Crippen LogP contribution in [0.5, 0.6) is 0 Å². The summed E-state index contributed by atoms with van der Waals surface area (Å²) in [6.45, 7) is 0.960. The van der Waals surface area contributed by atoms with E-state index in [-0.39, 0.29) is 12.2 Å². The lowest BCUT2D eigenvalue weighted by Crippen LogP contribution is -2.17. The molecule has 6 heteroatoms. The molecular weight excluding hydrogens is 293 g/mol. The summed E-state index contributed by atoms with van der Waals surface area (Å²) in [5.41, 5.74) is 0.393. The summed E-state index contributed by atoms with van der Waals surface area (Å²) >= 11 is 5.99. The molecule has 1 aromatic carbocycles. The minimum Gasteiger partial charge on any atom is -0.425 e. The van der Waals surface area contributed by atoms with Crippen molar-refractivity contribution in [1.82, 2.24) is 15.5 Å². The first kappa shape index (κ1) is 14.5. The van der Waals surface area contributed by atoms with Crippen molar-refractivity contribution in [3.8, 4) is 0 Å². The number of halogens is 2. The molecule has 21 heavy (non-hydrogen) atoms. The number of hydrogen-bond acceptors (Lipinski definition) is 4. The maximum atomic E-state index is 13.7. The first-order valence-corrected chi connectivity index (χ1v) is 7.57. The standard InChI is InChI=1S/C15H17ClFN3O/c16-12-3-1-4-13(17)11(12)9-15-20-19-14(21-15)5-2-8-18-10-6-7-10/h1,3-4,10,18H,2,5-9H2. The molecule has 0 saturated heterocycles. The minimum atomic E-state index is -0.351. The Morgan fingerprint density at radius 2 is 2.10 bits per heavy atom. The second-order valence-electron chi connectivity index (χ2n) is 5.30. The predicted octanol–water partition coefficient (Wildman–Crippen LogP) is 3.14. The van der Waals surface area contributed by atoms with Gasteiger partial charge in [0.25, 0.3) is 0 Å². The molecule has 3 rings (SSSR count). The molecule has 112 valence electrons. The van der Waals surface area contributed by atoms with Gasteiger partial charge in [0.1, 0.15) is 5.82 Å². The summed E-state index contributed by atoms with van der Waals surface area (Å²) in [6, 6.07) is 5.32. The van der Waals surface area contributed by atoms with Crippen LogP contribution in [0.3, 0.4) is 0 Å². The zero-order chi connectivity index (χ0) is 14.7. The number of nitrogens with zero attached hydrogens (tertiary/aromatic N) is 2. The highest BCUT2D eigenvalue weighted by Gasteiger charge is 2.19. The highest BCUT2D eigenvalue weighted by Crippen LogP contribution is 2.22. The molecule has 1 aromatic heterocycles. The average Bonchev–Trinajstić information content (AvgIpc) is 3.18. The van der Waals surface area contributed by atoms with E-state index >= 15 is 0 Å². The van der Waals surface area contributed by atoms with Crippen LogP contribution in [0.15, 0.2) is 22.6 Å². The zero-order valence-corrected chi connectivity index (χ0v) is 12.4. The molecule has 0 spiro atoms. The maximum absolute atomic E-state index is 13.7. The maximum Gasteiger partial charge on any atom is 0.221 e. The summed E-state index contributed by atoms with van der Waals surface area (Å²) in [5, 5.41) is 11.8. The largest absolute Gasteiger partial charge is 0.425 e. The molecule has 1 heterocycles. The van der Waals surface area contributed by atoms with Gasteiger partial charge in [0.15, 0.2) is 0 Å². The van der Waals surface area contributed by atoms with Crippen molar-refractivity contribution >= 4 is 11.6 Å². The molecule has 1 aliphatic rings. The van der Waals surface area contributed by atoms with Crippen LogP contribution in [0.4, 0.5) is 4.39 Å². The summed E-state index contributed by atoms with van der Waals surface area (Å²) in [5.74, 6) is 0.637. The van der Waals surface area contributed by atoms with Crippen molar-refractivity contribution in [3.05, 3.63) is 46.4 Å². The fraction of sp³-hybridized carbons (Fsp3) is 0.467. The van der Waals surface area contributed by atoms with Gasteiger partial charge in [-0.15, -0.1) is 10.2 Å². The van der Waals surface area contributed by atoms with E-state index in [1.807, 2.05) is 0 Å². The van der Waals surface area contributed by atoms with Crippen LogP contribution in [0, 0.1) is 5.82 Å². The summed E-state index contributed by atoms with van der Waals surface area (Å²) in [4.78, 5) is 0. The quantitative estimate of drug-likeness (QED) is 0.798. The molecule has 4 nitrogen and oxygen atoms in total. The molecule has 2 aromatic rings. The van der Waals surface area contributed by atoms with Crippen LogP contribution in [-0.4, -0.2) is 22.8 Å². The van der Waals surface area contributed by atoms with Crippen molar-refractivity contribution < 1.29 is 8.81 Å². The summed E-state index contributed by atoms with van der Waals surface area (Å²) < 4.78 is 19.2. The van der Waals surface area contributed by atoms with Gasteiger partial charge < -0.3 is 9.73 Å². The molecule has 1 N–H and O–H groups in total. The van der Waals surface area contributed by atoms with Crippen LogP contribution in [-0.2, 0) is 12.8 Å². The van der Waals surface area contributed by atoms with E-state index in [0.29, 0.717) is 28.4 Å². The van der Waals surface area contributed by atoms with E-state index in [9.17, 15) is 4.39 Å². The number of nitrogens with one attached hydrogen (secondary N) is 1. The SMILES string of the molecule is Fc1cccc(Cl)c1Cc1nnc(CCCNC2CC2)o1. The van der Waals surface area contributed by atoms with Gasteiger partial charge >= 0.3 is 0 Å². The molecule has 0 amide bonds. The third kappa shape index (κ3) is 4.02. The molecule has 1 saturated carbocycles. The number of aryl methyl sites for hydroxylation is 1. The van der Waals surface area contributed by atoms with Crippen LogP contribution in [0.1, 0.15) is 36.6 Å². The second kappa shape index (κ2) is 6.54. The summed E-state index contributed by atoms with van der Waals surface area (Å²) in [6.07, 6.45) is 4.48. The third-order valence-corrected chi connectivity index (χ3v) is 3.83. The van der Waals surface area contributed by atoms with Gasteiger partial charge in [0, 0.05) is 23.0 Å². The fourth-order valence-corrected chi connectivity index (χ4v) is 2.38. The van der Waals surface area contributed by atoms with E-state index < -0.39 is 0 Å². The molecule has 0 unspecified atom stereocenters. The van der Waals surface area contributed by atoms with Crippen molar-refractivity contribution in [2.75, 3.05) is 6.54 Å². The predicted molar refractivity (Wildman–Crippen MR) is 77.9 cm³/mol. The van der Waals surface area contributed by atoms with Gasteiger partial charge in [-0.2, -0.15) is 0 Å². The third-order valence-electron chi connectivity index (χ3n) is 3.48. The van der Waals surface area contributed by atoms with Gasteiger partial charge in [0.05, 0.1) is 6.42 Å². The Kier molecular flexibility index (Phi) is 4.51. The lowest BCUT2D eigenvalue weighted by Gasteiger charge is -2.02. The summed E-state index contributed by atoms with van der Waals surface area (Å²) in [7, 11) is 0. The zero-order valence-electron chi connectivity index (χ0n) is 11.6. The van der Waals surface area contributed by atoms with E-state index in [2.05, 4.69) is 15.5 Å². The number of aromatic nitrogens is 2. The van der Waals surface area contributed by atoms with E-state index in [0.717, 1.165) is 19.4 Å². The van der Waals surface area contributed by atoms with Crippen molar-refractivity contribution in [2.24, 2.45) is 0 Å². The average molecular weight is 310 g/mol. The first-order chi connectivity index (χ1) is 10.2. The normalized spacial score (nSPS) is 14.6. The molecular formula is C15H17ClFN3O. The fourth-order valence-electron chi connectivity index (χ4n) is 2.15. The van der Waals surface area contributed by atoms with Gasteiger partial charge in [-0.05, 0) is 37.9 Å². The number of rotatable bonds is 7. The number of hydrogen-bond donors (Lipinski definition) is 1. The Labute approximate surface area is 127 Å². The lowest BCUT2D eigenvalue weighted by atomic mass is 10.1. The van der Waals surface area contributed by atoms with Gasteiger partial charge in [-0.25, -0.2) is 4.39 Å². The van der Waals surface area contributed by atoms with Crippen molar-refractivity contribution in [3.63, 3.8) is 0 Å². The molecule has 0 radical (unpaired) electrons. The van der Waals surface area contributed by atoms with Crippen LogP contribution in [0.2, 0.25) is 5.02 Å². The topological polar surface area (TPSA) is 51.0 Å². The Balaban J connectivity index is 1.54. The Bertz CT molecular complexity index is 592. The van der Waals surface area contributed by atoms with E-state index in [1.165, 1.54) is 18.9 Å². The van der Waals surface area contributed by atoms with E-state index in [4.69, 9.17) is 16.0 Å². The smallest absolute Gasteiger partial charge is 0.221 e. The molecule has 0 bridgehead atoms. The van der Waals surface area contributed by atoms with Gasteiger partial charge in [0.2, 0.25) is 11.8 Å². The van der Waals surface area contributed by atoms with E-state index in [1.54, 1.807) is 12.1 Å². The highest BCUT2D eigenvalue weighted by molar-refractivity contribution is 6.31.